The van der Waals surface area contributed by atoms with E-state index in [1.54, 1.807) is 17.2 Å². The van der Waals surface area contributed by atoms with Crippen LogP contribution in [0.15, 0.2) is 24.9 Å². The van der Waals surface area contributed by atoms with Crippen molar-refractivity contribution in [3.63, 3.8) is 0 Å². The fourth-order valence-electron chi connectivity index (χ4n) is 2.38. The van der Waals surface area contributed by atoms with Crippen molar-refractivity contribution in [3.8, 4) is 0 Å². The van der Waals surface area contributed by atoms with Crippen LogP contribution in [0.3, 0.4) is 0 Å². The molecule has 0 radical (unpaired) electrons. The number of aryl methyl sites for hydroxylation is 1. The molecule has 0 saturated carbocycles. The van der Waals surface area contributed by atoms with Gasteiger partial charge in [0.25, 0.3) is 5.91 Å². The zero-order valence-electron chi connectivity index (χ0n) is 13.3. The number of carbonyl (C=O) groups excluding carboxylic acids is 1. The van der Waals surface area contributed by atoms with Gasteiger partial charge >= 0.3 is 0 Å². The van der Waals surface area contributed by atoms with Gasteiger partial charge < -0.3 is 10.0 Å². The third-order valence-corrected chi connectivity index (χ3v) is 3.49. The summed E-state index contributed by atoms with van der Waals surface area (Å²) in [5.74, 6) is -0.154. The number of amides is 1. The van der Waals surface area contributed by atoms with E-state index in [1.807, 2.05) is 31.5 Å². The van der Waals surface area contributed by atoms with Crippen LogP contribution in [0.4, 0.5) is 0 Å². The number of nitrogens with zero attached hydrogens (tertiary/aromatic N) is 4. The molecule has 0 fully saturated rings. The van der Waals surface area contributed by atoms with Crippen molar-refractivity contribution in [2.45, 2.75) is 26.8 Å². The molecule has 0 saturated heterocycles. The molecule has 2 aromatic rings. The smallest absolute Gasteiger partial charge is 0.256 e. The second-order valence-corrected chi connectivity index (χ2v) is 5.48. The Labute approximate surface area is 130 Å². The summed E-state index contributed by atoms with van der Waals surface area (Å²) in [4.78, 5) is 18.7. The van der Waals surface area contributed by atoms with Gasteiger partial charge in [-0.05, 0) is 26.8 Å². The fourth-order valence-corrected chi connectivity index (χ4v) is 2.38. The van der Waals surface area contributed by atoms with E-state index in [9.17, 15) is 4.79 Å². The average molecular weight is 302 g/mol. The van der Waals surface area contributed by atoms with Gasteiger partial charge in [-0.15, -0.1) is 6.58 Å². The highest BCUT2D eigenvalue weighted by molar-refractivity contribution is 5.98. The first-order chi connectivity index (χ1) is 10.5. The molecule has 0 bridgehead atoms. The number of aliphatic hydroxyl groups excluding tert-OH is 1. The molecule has 0 unspecified atom stereocenters. The van der Waals surface area contributed by atoms with Crippen molar-refractivity contribution in [3.05, 3.63) is 36.2 Å². The number of aromatic nitrogens is 3. The molecule has 0 aliphatic rings. The van der Waals surface area contributed by atoms with E-state index < -0.39 is 0 Å². The predicted molar refractivity (Wildman–Crippen MR) is 85.8 cm³/mol. The second kappa shape index (κ2) is 6.70. The summed E-state index contributed by atoms with van der Waals surface area (Å²) in [5, 5.41) is 14.3. The van der Waals surface area contributed by atoms with Crippen LogP contribution in [0.1, 0.15) is 35.9 Å². The highest BCUT2D eigenvalue weighted by Gasteiger charge is 2.19. The molecule has 6 nitrogen and oxygen atoms in total. The first kappa shape index (κ1) is 16.2. The molecule has 0 aliphatic heterocycles. The van der Waals surface area contributed by atoms with Gasteiger partial charge in [-0.3, -0.25) is 4.79 Å². The van der Waals surface area contributed by atoms with E-state index in [1.165, 1.54) is 0 Å². The Morgan fingerprint density at radius 2 is 2.27 bits per heavy atom. The lowest BCUT2D eigenvalue weighted by Crippen LogP contribution is -2.34. The minimum Gasteiger partial charge on any atom is -0.395 e. The first-order valence-electron chi connectivity index (χ1n) is 7.35. The normalized spacial score (nSPS) is 11.1. The largest absolute Gasteiger partial charge is 0.395 e. The summed E-state index contributed by atoms with van der Waals surface area (Å²) >= 11 is 0. The topological polar surface area (TPSA) is 71.2 Å². The molecule has 22 heavy (non-hydrogen) atoms. The number of pyridine rings is 1. The van der Waals surface area contributed by atoms with Crippen molar-refractivity contribution in [2.75, 3.05) is 19.7 Å². The SMILES string of the molecule is C=CCN(CCO)C(=O)c1cc2cnn(C(C)C)c2nc1C. The molecular weight excluding hydrogens is 280 g/mol. The number of fused-ring (bicyclic) bond motifs is 1. The summed E-state index contributed by atoms with van der Waals surface area (Å²) < 4.78 is 1.84. The van der Waals surface area contributed by atoms with Gasteiger partial charge in [0, 0.05) is 24.5 Å². The molecule has 6 heteroatoms. The quantitative estimate of drug-likeness (QED) is 0.828. The molecule has 2 rings (SSSR count). The number of rotatable bonds is 6. The molecule has 0 aliphatic carbocycles. The Balaban J connectivity index is 2.45. The second-order valence-electron chi connectivity index (χ2n) is 5.48. The van der Waals surface area contributed by atoms with Crippen LogP contribution in [0.25, 0.3) is 11.0 Å². The lowest BCUT2D eigenvalue weighted by atomic mass is 10.1. The van der Waals surface area contributed by atoms with Crippen molar-refractivity contribution in [1.29, 1.82) is 0 Å². The fraction of sp³-hybridized carbons (Fsp3) is 0.438. The van der Waals surface area contributed by atoms with Crippen LogP contribution in [-0.4, -0.2) is 50.4 Å². The Kier molecular flexibility index (Phi) is 4.92. The third kappa shape index (κ3) is 3.01. The molecule has 1 amide bonds. The lowest BCUT2D eigenvalue weighted by Gasteiger charge is -2.20. The van der Waals surface area contributed by atoms with E-state index in [0.717, 1.165) is 11.0 Å². The van der Waals surface area contributed by atoms with Gasteiger partial charge in [0.05, 0.1) is 24.1 Å². The lowest BCUT2D eigenvalue weighted by molar-refractivity contribution is 0.0742. The zero-order valence-corrected chi connectivity index (χ0v) is 13.3. The van der Waals surface area contributed by atoms with Crippen LogP contribution in [0, 0.1) is 6.92 Å². The highest BCUT2D eigenvalue weighted by Crippen LogP contribution is 2.20. The van der Waals surface area contributed by atoms with Gasteiger partial charge in [-0.2, -0.15) is 5.10 Å². The standard InChI is InChI=1S/C16H22N4O2/c1-5-6-19(7-8-21)16(22)14-9-13-10-17-20(11(2)3)15(13)18-12(14)4/h5,9-11,21H,1,6-8H2,2-4H3. The number of carbonyl (C=O) groups is 1. The summed E-state index contributed by atoms with van der Waals surface area (Å²) in [7, 11) is 0. The monoisotopic (exact) mass is 302 g/mol. The van der Waals surface area contributed by atoms with E-state index in [2.05, 4.69) is 16.7 Å². The van der Waals surface area contributed by atoms with Gasteiger partial charge in [0.2, 0.25) is 0 Å². The molecule has 0 atom stereocenters. The first-order valence-corrected chi connectivity index (χ1v) is 7.35. The van der Waals surface area contributed by atoms with Crippen molar-refractivity contribution < 1.29 is 9.90 Å². The number of aliphatic hydroxyl groups is 1. The van der Waals surface area contributed by atoms with Crippen LogP contribution in [0.2, 0.25) is 0 Å². The van der Waals surface area contributed by atoms with Crippen LogP contribution >= 0.6 is 0 Å². The molecule has 1 N–H and O–H groups in total. The Morgan fingerprint density at radius 3 is 2.86 bits per heavy atom. The zero-order chi connectivity index (χ0) is 16.3. The van der Waals surface area contributed by atoms with Crippen molar-refractivity contribution >= 4 is 16.9 Å². The average Bonchev–Trinajstić information content (AvgIpc) is 2.88. The predicted octanol–water partition coefficient (Wildman–Crippen LogP) is 1.94. The molecule has 0 spiro atoms. The summed E-state index contributed by atoms with van der Waals surface area (Å²) in [6.45, 7) is 10.1. The molecule has 2 aromatic heterocycles. The molecular formula is C16H22N4O2. The molecule has 0 aromatic carbocycles. The minimum absolute atomic E-state index is 0.0837. The third-order valence-electron chi connectivity index (χ3n) is 3.49. The summed E-state index contributed by atoms with van der Waals surface area (Å²) in [6, 6.07) is 2.02. The van der Waals surface area contributed by atoms with Gasteiger partial charge in [0.1, 0.15) is 0 Å². The summed E-state index contributed by atoms with van der Waals surface area (Å²) in [6.07, 6.45) is 3.37. The Bertz CT molecular complexity index is 691. The maximum Gasteiger partial charge on any atom is 0.256 e. The highest BCUT2D eigenvalue weighted by atomic mass is 16.3. The number of hydrogen-bond donors (Lipinski definition) is 1. The van der Waals surface area contributed by atoms with E-state index >= 15 is 0 Å². The minimum atomic E-state index is -0.154. The summed E-state index contributed by atoms with van der Waals surface area (Å²) in [5.41, 5.74) is 1.97. The van der Waals surface area contributed by atoms with Crippen LogP contribution in [-0.2, 0) is 0 Å². The Morgan fingerprint density at radius 1 is 1.55 bits per heavy atom. The van der Waals surface area contributed by atoms with Gasteiger partial charge in [-0.1, -0.05) is 6.08 Å². The van der Waals surface area contributed by atoms with Crippen molar-refractivity contribution in [2.24, 2.45) is 0 Å². The Hall–Kier alpha value is -2.21. The van der Waals surface area contributed by atoms with Crippen LogP contribution in [0.5, 0.6) is 0 Å². The van der Waals surface area contributed by atoms with E-state index in [4.69, 9.17) is 5.11 Å². The molecule has 2 heterocycles. The van der Waals surface area contributed by atoms with Gasteiger partial charge in [-0.25, -0.2) is 9.67 Å². The van der Waals surface area contributed by atoms with Crippen molar-refractivity contribution in [1.82, 2.24) is 19.7 Å². The maximum atomic E-state index is 12.6. The number of hydrogen-bond acceptors (Lipinski definition) is 4. The maximum absolute atomic E-state index is 12.6. The van der Waals surface area contributed by atoms with Gasteiger partial charge in [0.15, 0.2) is 5.65 Å². The van der Waals surface area contributed by atoms with E-state index in [-0.39, 0.29) is 25.1 Å². The van der Waals surface area contributed by atoms with E-state index in [0.29, 0.717) is 17.8 Å². The molecule has 118 valence electrons. The van der Waals surface area contributed by atoms with Crippen LogP contribution < -0.4 is 0 Å².